The molecular weight excluding hydrogens is 330 g/mol. The zero-order chi connectivity index (χ0) is 17.8. The maximum absolute atomic E-state index is 13.4. The van der Waals surface area contributed by atoms with E-state index in [0.717, 1.165) is 23.3 Å². The van der Waals surface area contributed by atoms with E-state index < -0.39 is 29.8 Å². The molecule has 7 heteroatoms. The molecule has 0 saturated carbocycles. The summed E-state index contributed by atoms with van der Waals surface area (Å²) in [7, 11) is 0. The third kappa shape index (κ3) is 4.06. The molecule has 0 aliphatic heterocycles. The van der Waals surface area contributed by atoms with Crippen molar-refractivity contribution in [2.24, 2.45) is 0 Å². The van der Waals surface area contributed by atoms with Crippen LogP contribution in [0.3, 0.4) is 0 Å². The monoisotopic (exact) mass is 348 g/mol. The molecule has 1 aliphatic carbocycles. The molecule has 2 aromatic rings. The zero-order valence-electron chi connectivity index (χ0n) is 13.3. The second-order valence-corrected chi connectivity index (χ2v) is 5.77. The molecule has 0 unspecified atom stereocenters. The van der Waals surface area contributed by atoms with Crippen LogP contribution in [0.25, 0.3) is 0 Å². The predicted octanol–water partition coefficient (Wildman–Crippen LogP) is 2.30. The van der Waals surface area contributed by atoms with Crippen molar-refractivity contribution in [3.05, 3.63) is 65.2 Å². The molecule has 5 nitrogen and oxygen atoms in total. The van der Waals surface area contributed by atoms with E-state index in [-0.39, 0.29) is 18.9 Å². The van der Waals surface area contributed by atoms with E-state index in [4.69, 9.17) is 4.74 Å². The molecule has 132 valence electrons. The van der Waals surface area contributed by atoms with Crippen LogP contribution in [0, 0.1) is 11.6 Å². The molecule has 0 aromatic heterocycles. The minimum Gasteiger partial charge on any atom is -0.489 e. The lowest BCUT2D eigenvalue weighted by molar-refractivity contribution is 0.142. The van der Waals surface area contributed by atoms with Crippen molar-refractivity contribution >= 4 is 6.03 Å². The van der Waals surface area contributed by atoms with E-state index in [0.29, 0.717) is 6.42 Å². The van der Waals surface area contributed by atoms with Crippen LogP contribution in [0.4, 0.5) is 13.6 Å². The van der Waals surface area contributed by atoms with E-state index >= 15 is 0 Å². The van der Waals surface area contributed by atoms with Crippen molar-refractivity contribution in [3.8, 4) is 5.75 Å². The van der Waals surface area contributed by atoms with Gasteiger partial charge < -0.3 is 20.5 Å². The highest BCUT2D eigenvalue weighted by Gasteiger charge is 2.31. The van der Waals surface area contributed by atoms with Crippen molar-refractivity contribution in [1.29, 1.82) is 0 Å². The predicted molar refractivity (Wildman–Crippen MR) is 87.3 cm³/mol. The van der Waals surface area contributed by atoms with Crippen molar-refractivity contribution < 1.29 is 23.4 Å². The number of ether oxygens (including phenoxy) is 1. The average Bonchev–Trinajstić information content (AvgIpc) is 2.89. The van der Waals surface area contributed by atoms with Gasteiger partial charge in [-0.25, -0.2) is 13.6 Å². The molecule has 0 bridgehead atoms. The normalized spacial score (nSPS) is 18.5. The maximum atomic E-state index is 13.4. The smallest absolute Gasteiger partial charge is 0.315 e. The Labute approximate surface area is 143 Å². The lowest BCUT2D eigenvalue weighted by Gasteiger charge is -2.18. The number of amides is 2. The Hall–Kier alpha value is -2.67. The number of hydrogen-bond acceptors (Lipinski definition) is 3. The molecule has 2 atom stereocenters. The fourth-order valence-electron chi connectivity index (χ4n) is 2.86. The van der Waals surface area contributed by atoms with Crippen LogP contribution in [-0.4, -0.2) is 30.4 Å². The fourth-order valence-corrected chi connectivity index (χ4v) is 2.86. The summed E-state index contributed by atoms with van der Waals surface area (Å²) in [6.07, 6.45) is -0.179. The summed E-state index contributed by atoms with van der Waals surface area (Å²) >= 11 is 0. The standard InChI is InChI=1S/C18H18F2N2O3/c19-12-5-6-16(14(20)10-12)25-8-7-21-18(24)22-17-13-4-2-1-3-11(13)9-15(17)23/h1-6,10,15,17,23H,7-9H2,(H2,21,22,24)/t15-,17+/m0/s1. The van der Waals surface area contributed by atoms with Crippen LogP contribution >= 0.6 is 0 Å². The molecule has 0 fully saturated rings. The SMILES string of the molecule is O=C(NCCOc1ccc(F)cc1F)N[C@@H]1c2ccccc2C[C@@H]1O. The van der Waals surface area contributed by atoms with Gasteiger partial charge in [0.25, 0.3) is 0 Å². The highest BCUT2D eigenvalue weighted by atomic mass is 19.1. The number of benzene rings is 2. The molecular formula is C18H18F2N2O3. The summed E-state index contributed by atoms with van der Waals surface area (Å²) in [4.78, 5) is 12.0. The largest absolute Gasteiger partial charge is 0.489 e. The van der Waals surface area contributed by atoms with Crippen LogP contribution in [0.2, 0.25) is 0 Å². The van der Waals surface area contributed by atoms with E-state index in [1.807, 2.05) is 24.3 Å². The number of aliphatic hydroxyl groups excluding tert-OH is 1. The Morgan fingerprint density at radius 1 is 1.24 bits per heavy atom. The third-order valence-electron chi connectivity index (χ3n) is 4.03. The maximum Gasteiger partial charge on any atom is 0.315 e. The number of nitrogens with one attached hydrogen (secondary N) is 2. The van der Waals surface area contributed by atoms with Gasteiger partial charge in [-0.1, -0.05) is 24.3 Å². The minimum atomic E-state index is -0.796. The number of carbonyl (C=O) groups is 1. The molecule has 1 aliphatic rings. The molecule has 3 N–H and O–H groups in total. The quantitative estimate of drug-likeness (QED) is 0.726. The number of fused-ring (bicyclic) bond motifs is 1. The van der Waals surface area contributed by atoms with Gasteiger partial charge in [-0.05, 0) is 23.3 Å². The highest BCUT2D eigenvalue weighted by molar-refractivity contribution is 5.74. The molecule has 0 radical (unpaired) electrons. The Morgan fingerprint density at radius 3 is 2.84 bits per heavy atom. The first kappa shape index (κ1) is 17.2. The van der Waals surface area contributed by atoms with Gasteiger partial charge in [0, 0.05) is 12.5 Å². The number of aliphatic hydroxyl groups is 1. The van der Waals surface area contributed by atoms with Gasteiger partial charge in [0.05, 0.1) is 18.7 Å². The topological polar surface area (TPSA) is 70.6 Å². The van der Waals surface area contributed by atoms with Crippen LogP contribution in [0.15, 0.2) is 42.5 Å². The Morgan fingerprint density at radius 2 is 2.04 bits per heavy atom. The molecule has 3 rings (SSSR count). The van der Waals surface area contributed by atoms with Gasteiger partial charge in [-0.3, -0.25) is 0 Å². The molecule has 2 amide bonds. The van der Waals surface area contributed by atoms with Crippen LogP contribution in [0.5, 0.6) is 5.75 Å². The van der Waals surface area contributed by atoms with Crippen molar-refractivity contribution in [3.63, 3.8) is 0 Å². The summed E-state index contributed by atoms with van der Waals surface area (Å²) in [5.41, 5.74) is 1.91. The van der Waals surface area contributed by atoms with Crippen LogP contribution < -0.4 is 15.4 Å². The Kier molecular flexibility index (Phi) is 5.14. The summed E-state index contributed by atoms with van der Waals surface area (Å²) in [5.74, 6) is -1.56. The van der Waals surface area contributed by atoms with Gasteiger partial charge in [0.15, 0.2) is 11.6 Å². The summed E-state index contributed by atoms with van der Waals surface area (Å²) in [6.45, 7) is 0.160. The van der Waals surface area contributed by atoms with E-state index in [9.17, 15) is 18.7 Å². The molecule has 0 spiro atoms. The number of halogens is 2. The number of urea groups is 1. The van der Waals surface area contributed by atoms with Gasteiger partial charge >= 0.3 is 6.03 Å². The van der Waals surface area contributed by atoms with Gasteiger partial charge in [0.1, 0.15) is 12.4 Å². The van der Waals surface area contributed by atoms with Crippen LogP contribution in [-0.2, 0) is 6.42 Å². The summed E-state index contributed by atoms with van der Waals surface area (Å²) < 4.78 is 31.3. The lowest BCUT2D eigenvalue weighted by atomic mass is 10.1. The van der Waals surface area contributed by atoms with Gasteiger partial charge in [0.2, 0.25) is 0 Å². The fraction of sp³-hybridized carbons (Fsp3) is 0.278. The van der Waals surface area contributed by atoms with Crippen molar-refractivity contribution in [2.45, 2.75) is 18.6 Å². The average molecular weight is 348 g/mol. The lowest BCUT2D eigenvalue weighted by Crippen LogP contribution is -2.42. The first-order valence-electron chi connectivity index (χ1n) is 7.92. The minimum absolute atomic E-state index is 0.0276. The van der Waals surface area contributed by atoms with E-state index in [2.05, 4.69) is 10.6 Å². The Bertz CT molecular complexity index is 770. The summed E-state index contributed by atoms with van der Waals surface area (Å²) in [6, 6.07) is 9.63. The van der Waals surface area contributed by atoms with Gasteiger partial charge in [-0.2, -0.15) is 0 Å². The molecule has 0 saturated heterocycles. The third-order valence-corrected chi connectivity index (χ3v) is 4.03. The second-order valence-electron chi connectivity index (χ2n) is 5.77. The van der Waals surface area contributed by atoms with Gasteiger partial charge in [-0.15, -0.1) is 0 Å². The first-order chi connectivity index (χ1) is 12.0. The highest BCUT2D eigenvalue weighted by Crippen LogP contribution is 2.31. The Balaban J connectivity index is 1.46. The molecule has 0 heterocycles. The zero-order valence-corrected chi connectivity index (χ0v) is 13.3. The summed E-state index contributed by atoms with van der Waals surface area (Å²) in [5, 5.41) is 15.4. The van der Waals surface area contributed by atoms with E-state index in [1.54, 1.807) is 0 Å². The second kappa shape index (κ2) is 7.48. The first-order valence-corrected chi connectivity index (χ1v) is 7.92. The molecule has 25 heavy (non-hydrogen) atoms. The number of rotatable bonds is 5. The van der Waals surface area contributed by atoms with Crippen molar-refractivity contribution in [2.75, 3.05) is 13.2 Å². The van der Waals surface area contributed by atoms with Crippen molar-refractivity contribution in [1.82, 2.24) is 10.6 Å². The number of hydrogen-bond donors (Lipinski definition) is 3. The van der Waals surface area contributed by atoms with E-state index in [1.165, 1.54) is 6.07 Å². The number of carbonyl (C=O) groups excluding carboxylic acids is 1. The van der Waals surface area contributed by atoms with Crippen LogP contribution in [0.1, 0.15) is 17.2 Å². The molecule has 2 aromatic carbocycles.